The summed E-state index contributed by atoms with van der Waals surface area (Å²) in [6.07, 6.45) is 0. The molecule has 21 heavy (non-hydrogen) atoms. The molecule has 108 valence electrons. The Labute approximate surface area is 129 Å². The Bertz CT molecular complexity index is 775. The number of nitrogens with zero attached hydrogens (tertiary/aromatic N) is 3. The van der Waals surface area contributed by atoms with Crippen LogP contribution in [0.4, 0.5) is 0 Å². The number of alkyl halides is 1. The number of imidazole rings is 1. The molecule has 0 fully saturated rings. The number of hydrogen-bond donors (Lipinski definition) is 0. The van der Waals surface area contributed by atoms with Crippen LogP contribution in [0.2, 0.25) is 0 Å². The number of aromatic nitrogens is 3. The van der Waals surface area contributed by atoms with Crippen LogP contribution in [-0.2, 0) is 5.88 Å². The average Bonchev–Trinajstić information content (AvgIpc) is 2.85. The molecule has 0 aliphatic heterocycles. The second kappa shape index (κ2) is 5.49. The van der Waals surface area contributed by atoms with Crippen molar-refractivity contribution in [1.29, 1.82) is 0 Å². The molecule has 3 nitrogen and oxygen atoms in total. The SMILES string of the molecule is Cc1ccc(C(C)n2c(CCl)nc3ccc(C)nc32)cc1. The van der Waals surface area contributed by atoms with E-state index in [0.717, 1.165) is 22.7 Å². The molecule has 0 bridgehead atoms. The molecule has 3 rings (SSSR count). The van der Waals surface area contributed by atoms with Gasteiger partial charge in [0.15, 0.2) is 5.65 Å². The molecule has 1 aromatic carbocycles. The lowest BCUT2D eigenvalue weighted by Crippen LogP contribution is -2.10. The average molecular weight is 300 g/mol. The smallest absolute Gasteiger partial charge is 0.160 e. The summed E-state index contributed by atoms with van der Waals surface area (Å²) < 4.78 is 2.14. The van der Waals surface area contributed by atoms with Crippen molar-refractivity contribution in [1.82, 2.24) is 14.5 Å². The van der Waals surface area contributed by atoms with Crippen molar-refractivity contribution in [3.63, 3.8) is 0 Å². The van der Waals surface area contributed by atoms with Gasteiger partial charge in [-0.25, -0.2) is 9.97 Å². The molecular formula is C17H18ClN3. The normalized spacial score (nSPS) is 12.8. The van der Waals surface area contributed by atoms with Gasteiger partial charge in [0.25, 0.3) is 0 Å². The van der Waals surface area contributed by atoms with E-state index in [1.54, 1.807) is 0 Å². The van der Waals surface area contributed by atoms with Gasteiger partial charge < -0.3 is 4.57 Å². The fourth-order valence-corrected chi connectivity index (χ4v) is 2.80. The quantitative estimate of drug-likeness (QED) is 0.671. The third kappa shape index (κ3) is 2.54. The maximum Gasteiger partial charge on any atom is 0.160 e. The van der Waals surface area contributed by atoms with E-state index in [-0.39, 0.29) is 6.04 Å². The van der Waals surface area contributed by atoms with Crippen LogP contribution in [0.3, 0.4) is 0 Å². The minimum atomic E-state index is 0.152. The molecule has 2 aromatic heterocycles. The standard InChI is InChI=1S/C17H18ClN3/c1-11-4-7-14(8-5-11)13(3)21-16(10-18)20-15-9-6-12(2)19-17(15)21/h4-9,13H,10H2,1-3H3. The number of rotatable bonds is 3. The Morgan fingerprint density at radius 2 is 1.76 bits per heavy atom. The van der Waals surface area contributed by atoms with E-state index in [1.807, 2.05) is 19.1 Å². The predicted molar refractivity (Wildman–Crippen MR) is 86.8 cm³/mol. The first-order valence-electron chi connectivity index (χ1n) is 7.07. The van der Waals surface area contributed by atoms with Crippen LogP contribution < -0.4 is 0 Å². The highest BCUT2D eigenvalue weighted by molar-refractivity contribution is 6.16. The van der Waals surface area contributed by atoms with Gasteiger partial charge in [-0.05, 0) is 38.5 Å². The molecule has 0 saturated carbocycles. The van der Waals surface area contributed by atoms with Crippen LogP contribution in [0.5, 0.6) is 0 Å². The lowest BCUT2D eigenvalue weighted by Gasteiger charge is -2.17. The second-order valence-corrected chi connectivity index (χ2v) is 5.68. The van der Waals surface area contributed by atoms with Gasteiger partial charge in [0.2, 0.25) is 0 Å². The molecule has 4 heteroatoms. The zero-order chi connectivity index (χ0) is 15.0. The summed E-state index contributed by atoms with van der Waals surface area (Å²) in [6.45, 7) is 6.25. The molecule has 0 amide bonds. The topological polar surface area (TPSA) is 30.7 Å². The van der Waals surface area contributed by atoms with Gasteiger partial charge in [-0.1, -0.05) is 29.8 Å². The van der Waals surface area contributed by atoms with E-state index in [1.165, 1.54) is 11.1 Å². The zero-order valence-corrected chi connectivity index (χ0v) is 13.2. The van der Waals surface area contributed by atoms with Crippen LogP contribution in [0.15, 0.2) is 36.4 Å². The maximum atomic E-state index is 6.09. The lowest BCUT2D eigenvalue weighted by atomic mass is 10.1. The number of hydrogen-bond acceptors (Lipinski definition) is 2. The fraction of sp³-hybridized carbons (Fsp3) is 0.294. The predicted octanol–water partition coefficient (Wildman–Crippen LogP) is 4.40. The minimum absolute atomic E-state index is 0.152. The van der Waals surface area contributed by atoms with Crippen LogP contribution in [0.25, 0.3) is 11.2 Å². The van der Waals surface area contributed by atoms with Crippen molar-refractivity contribution in [3.05, 3.63) is 59.0 Å². The third-order valence-electron chi connectivity index (χ3n) is 3.82. The molecule has 2 heterocycles. The summed E-state index contributed by atoms with van der Waals surface area (Å²) in [4.78, 5) is 9.26. The van der Waals surface area contributed by atoms with Crippen molar-refractivity contribution < 1.29 is 0 Å². The van der Waals surface area contributed by atoms with E-state index >= 15 is 0 Å². The monoisotopic (exact) mass is 299 g/mol. The summed E-state index contributed by atoms with van der Waals surface area (Å²) in [5.74, 6) is 1.24. The Balaban J connectivity index is 2.17. The number of fused-ring (bicyclic) bond motifs is 1. The Hall–Kier alpha value is -1.87. The first-order chi connectivity index (χ1) is 10.1. The molecule has 0 spiro atoms. The highest BCUT2D eigenvalue weighted by Crippen LogP contribution is 2.26. The molecule has 0 radical (unpaired) electrons. The summed E-state index contributed by atoms with van der Waals surface area (Å²) >= 11 is 6.09. The first kappa shape index (κ1) is 14.1. The van der Waals surface area contributed by atoms with E-state index in [9.17, 15) is 0 Å². The third-order valence-corrected chi connectivity index (χ3v) is 4.06. The minimum Gasteiger partial charge on any atom is -0.304 e. The Morgan fingerprint density at radius 1 is 1.05 bits per heavy atom. The summed E-state index contributed by atoms with van der Waals surface area (Å²) in [6, 6.07) is 12.7. The van der Waals surface area contributed by atoms with Gasteiger partial charge in [-0.3, -0.25) is 0 Å². The number of pyridine rings is 1. The van der Waals surface area contributed by atoms with Crippen LogP contribution >= 0.6 is 11.6 Å². The van der Waals surface area contributed by atoms with E-state index < -0.39 is 0 Å². The molecule has 1 atom stereocenters. The van der Waals surface area contributed by atoms with Crippen LogP contribution in [-0.4, -0.2) is 14.5 Å². The van der Waals surface area contributed by atoms with E-state index in [0.29, 0.717) is 5.88 Å². The van der Waals surface area contributed by atoms with Crippen LogP contribution in [0.1, 0.15) is 35.6 Å². The Morgan fingerprint density at radius 3 is 2.43 bits per heavy atom. The molecule has 0 saturated heterocycles. The highest BCUT2D eigenvalue weighted by Gasteiger charge is 2.17. The van der Waals surface area contributed by atoms with Gasteiger partial charge in [-0.15, -0.1) is 11.6 Å². The molecule has 3 aromatic rings. The number of aryl methyl sites for hydroxylation is 2. The van der Waals surface area contributed by atoms with Crippen LogP contribution in [0, 0.1) is 13.8 Å². The van der Waals surface area contributed by atoms with Gasteiger partial charge >= 0.3 is 0 Å². The van der Waals surface area contributed by atoms with Gasteiger partial charge in [0, 0.05) is 5.69 Å². The van der Waals surface area contributed by atoms with Crippen molar-refractivity contribution in [2.75, 3.05) is 0 Å². The molecular weight excluding hydrogens is 282 g/mol. The lowest BCUT2D eigenvalue weighted by molar-refractivity contribution is 0.628. The largest absolute Gasteiger partial charge is 0.304 e. The first-order valence-corrected chi connectivity index (χ1v) is 7.60. The maximum absolute atomic E-state index is 6.09. The van der Waals surface area contributed by atoms with Crippen molar-refractivity contribution in [2.24, 2.45) is 0 Å². The number of halogens is 1. The van der Waals surface area contributed by atoms with Gasteiger partial charge in [0.1, 0.15) is 11.3 Å². The summed E-state index contributed by atoms with van der Waals surface area (Å²) in [5, 5.41) is 0. The molecule has 0 aliphatic carbocycles. The van der Waals surface area contributed by atoms with Gasteiger partial charge in [0.05, 0.1) is 11.9 Å². The van der Waals surface area contributed by atoms with Gasteiger partial charge in [-0.2, -0.15) is 0 Å². The highest BCUT2D eigenvalue weighted by atomic mass is 35.5. The van der Waals surface area contributed by atoms with Crippen molar-refractivity contribution in [3.8, 4) is 0 Å². The molecule has 0 N–H and O–H groups in total. The molecule has 0 aliphatic rings. The zero-order valence-electron chi connectivity index (χ0n) is 12.5. The number of benzene rings is 1. The van der Waals surface area contributed by atoms with E-state index in [4.69, 9.17) is 11.6 Å². The summed E-state index contributed by atoms with van der Waals surface area (Å²) in [5.41, 5.74) is 5.28. The summed E-state index contributed by atoms with van der Waals surface area (Å²) in [7, 11) is 0. The van der Waals surface area contributed by atoms with E-state index in [2.05, 4.69) is 52.6 Å². The fourth-order valence-electron chi connectivity index (χ4n) is 2.61. The van der Waals surface area contributed by atoms with Crippen molar-refractivity contribution in [2.45, 2.75) is 32.7 Å². The Kier molecular flexibility index (Phi) is 3.68. The molecule has 1 unspecified atom stereocenters. The van der Waals surface area contributed by atoms with Crippen molar-refractivity contribution >= 4 is 22.8 Å². The second-order valence-electron chi connectivity index (χ2n) is 5.41.